The molecular weight excluding hydrogens is 220 g/mol. The van der Waals surface area contributed by atoms with Crippen LogP contribution in [0.2, 0.25) is 0 Å². The first-order valence-electron chi connectivity index (χ1n) is 5.60. The molecule has 0 bridgehead atoms. The van der Waals surface area contributed by atoms with Gasteiger partial charge in [0.25, 0.3) is 0 Å². The molecule has 0 aromatic heterocycles. The highest BCUT2D eigenvalue weighted by molar-refractivity contribution is 5.71. The van der Waals surface area contributed by atoms with E-state index in [-0.39, 0.29) is 5.92 Å². The summed E-state index contributed by atoms with van der Waals surface area (Å²) in [6.07, 6.45) is 1.43. The SMILES string of the molecule is COc1ccc(C2CC(C(=O)O)C2)cc1OC. The van der Waals surface area contributed by atoms with Gasteiger partial charge >= 0.3 is 5.97 Å². The number of hydrogen-bond acceptors (Lipinski definition) is 3. The number of hydrogen-bond donors (Lipinski definition) is 1. The number of carbonyl (C=O) groups is 1. The Hall–Kier alpha value is -1.71. The standard InChI is InChI=1S/C13H16O4/c1-16-11-4-3-8(7-12(11)17-2)9-5-10(6-9)13(14)15/h3-4,7,9-10H,5-6H2,1-2H3,(H,14,15). The van der Waals surface area contributed by atoms with E-state index < -0.39 is 5.97 Å². The minimum absolute atomic E-state index is 0.187. The fourth-order valence-corrected chi connectivity index (χ4v) is 2.20. The largest absolute Gasteiger partial charge is 0.493 e. The minimum atomic E-state index is -0.693. The Kier molecular flexibility index (Phi) is 3.22. The number of rotatable bonds is 4. The van der Waals surface area contributed by atoms with E-state index in [1.807, 2.05) is 18.2 Å². The molecule has 1 aromatic rings. The molecule has 4 nitrogen and oxygen atoms in total. The molecule has 1 saturated carbocycles. The number of aliphatic carboxylic acids is 1. The van der Waals surface area contributed by atoms with Gasteiger partial charge in [0.1, 0.15) is 0 Å². The number of benzene rings is 1. The zero-order valence-corrected chi connectivity index (χ0v) is 9.97. The van der Waals surface area contributed by atoms with Gasteiger partial charge in [-0.05, 0) is 36.5 Å². The molecule has 0 atom stereocenters. The quantitative estimate of drug-likeness (QED) is 0.871. The third kappa shape index (κ3) is 2.20. The first-order chi connectivity index (χ1) is 8.15. The molecule has 0 spiro atoms. The molecule has 0 saturated heterocycles. The molecule has 1 aliphatic rings. The van der Waals surface area contributed by atoms with Crippen molar-refractivity contribution in [3.05, 3.63) is 23.8 Å². The van der Waals surface area contributed by atoms with Crippen molar-refractivity contribution in [2.45, 2.75) is 18.8 Å². The highest BCUT2D eigenvalue weighted by atomic mass is 16.5. The maximum absolute atomic E-state index is 10.7. The number of carboxylic acid groups (broad SMARTS) is 1. The third-order valence-electron chi connectivity index (χ3n) is 3.37. The third-order valence-corrected chi connectivity index (χ3v) is 3.37. The fourth-order valence-electron chi connectivity index (χ4n) is 2.20. The normalized spacial score (nSPS) is 22.7. The van der Waals surface area contributed by atoms with Gasteiger partial charge in [0.15, 0.2) is 11.5 Å². The molecule has 0 amide bonds. The molecule has 2 rings (SSSR count). The molecule has 17 heavy (non-hydrogen) atoms. The zero-order valence-electron chi connectivity index (χ0n) is 9.97. The molecule has 92 valence electrons. The van der Waals surface area contributed by atoms with Gasteiger partial charge in [0.05, 0.1) is 20.1 Å². The Balaban J connectivity index is 2.11. The molecule has 0 radical (unpaired) electrons. The first-order valence-corrected chi connectivity index (χ1v) is 5.60. The average Bonchev–Trinajstić information content (AvgIpc) is 2.26. The number of methoxy groups -OCH3 is 2. The predicted molar refractivity (Wildman–Crippen MR) is 62.6 cm³/mol. The van der Waals surface area contributed by atoms with Crippen molar-refractivity contribution in [1.29, 1.82) is 0 Å². The smallest absolute Gasteiger partial charge is 0.306 e. The molecule has 1 N–H and O–H groups in total. The number of ether oxygens (including phenoxy) is 2. The maximum Gasteiger partial charge on any atom is 0.306 e. The zero-order chi connectivity index (χ0) is 12.4. The molecule has 4 heteroatoms. The Morgan fingerprint density at radius 3 is 2.41 bits per heavy atom. The lowest BCUT2D eigenvalue weighted by molar-refractivity contribution is -0.145. The van der Waals surface area contributed by atoms with Crippen molar-refractivity contribution in [2.75, 3.05) is 14.2 Å². The van der Waals surface area contributed by atoms with Crippen molar-refractivity contribution in [3.8, 4) is 11.5 Å². The van der Waals surface area contributed by atoms with Crippen LogP contribution < -0.4 is 9.47 Å². The van der Waals surface area contributed by atoms with Gasteiger partial charge in [-0.1, -0.05) is 6.07 Å². The van der Waals surface area contributed by atoms with Crippen molar-refractivity contribution in [3.63, 3.8) is 0 Å². The van der Waals surface area contributed by atoms with Crippen LogP contribution in [0, 0.1) is 5.92 Å². The van der Waals surface area contributed by atoms with Crippen LogP contribution in [0.25, 0.3) is 0 Å². The van der Waals surface area contributed by atoms with E-state index in [2.05, 4.69) is 0 Å². The Bertz CT molecular complexity index is 421. The Morgan fingerprint density at radius 2 is 1.88 bits per heavy atom. The van der Waals surface area contributed by atoms with Crippen LogP contribution in [0.5, 0.6) is 11.5 Å². The summed E-state index contributed by atoms with van der Waals surface area (Å²) in [5, 5.41) is 8.84. The summed E-state index contributed by atoms with van der Waals surface area (Å²) in [6, 6.07) is 5.77. The lowest BCUT2D eigenvalue weighted by Crippen LogP contribution is -2.28. The lowest BCUT2D eigenvalue weighted by atomic mass is 9.71. The van der Waals surface area contributed by atoms with Gasteiger partial charge in [-0.2, -0.15) is 0 Å². The van der Waals surface area contributed by atoms with Gasteiger partial charge in [-0.3, -0.25) is 4.79 Å². The van der Waals surface area contributed by atoms with Gasteiger partial charge in [-0.25, -0.2) is 0 Å². The topological polar surface area (TPSA) is 55.8 Å². The summed E-state index contributed by atoms with van der Waals surface area (Å²) < 4.78 is 10.4. The van der Waals surface area contributed by atoms with Gasteiger partial charge in [0.2, 0.25) is 0 Å². The highest BCUT2D eigenvalue weighted by Gasteiger charge is 2.35. The average molecular weight is 236 g/mol. The van der Waals surface area contributed by atoms with Crippen LogP contribution in [0.1, 0.15) is 24.3 Å². The van der Waals surface area contributed by atoms with Crippen LogP contribution in [-0.2, 0) is 4.79 Å². The van der Waals surface area contributed by atoms with E-state index in [0.29, 0.717) is 30.3 Å². The van der Waals surface area contributed by atoms with E-state index >= 15 is 0 Å². The summed E-state index contributed by atoms with van der Waals surface area (Å²) in [5.74, 6) is 0.847. The second-order valence-electron chi connectivity index (χ2n) is 4.32. The van der Waals surface area contributed by atoms with Gasteiger partial charge in [-0.15, -0.1) is 0 Å². The second-order valence-corrected chi connectivity index (χ2v) is 4.32. The van der Waals surface area contributed by atoms with Crippen molar-refractivity contribution in [2.24, 2.45) is 5.92 Å². The Morgan fingerprint density at radius 1 is 1.24 bits per heavy atom. The first kappa shape index (κ1) is 11.8. The second kappa shape index (κ2) is 4.65. The monoisotopic (exact) mass is 236 g/mol. The summed E-state index contributed by atoms with van der Waals surface area (Å²) in [5.41, 5.74) is 1.13. The summed E-state index contributed by atoms with van der Waals surface area (Å²) in [6.45, 7) is 0. The fraction of sp³-hybridized carbons (Fsp3) is 0.462. The highest BCUT2D eigenvalue weighted by Crippen LogP contribution is 2.43. The summed E-state index contributed by atoms with van der Waals surface area (Å²) >= 11 is 0. The van der Waals surface area contributed by atoms with E-state index in [1.54, 1.807) is 14.2 Å². The Labute approximate surface area is 100 Å². The van der Waals surface area contributed by atoms with E-state index in [4.69, 9.17) is 14.6 Å². The van der Waals surface area contributed by atoms with Gasteiger partial charge < -0.3 is 14.6 Å². The molecule has 0 unspecified atom stereocenters. The van der Waals surface area contributed by atoms with Gasteiger partial charge in [0, 0.05) is 0 Å². The van der Waals surface area contributed by atoms with Crippen LogP contribution in [0.3, 0.4) is 0 Å². The molecule has 0 heterocycles. The minimum Gasteiger partial charge on any atom is -0.493 e. The number of carboxylic acids is 1. The molecule has 1 aromatic carbocycles. The van der Waals surface area contributed by atoms with E-state index in [9.17, 15) is 4.79 Å². The molecule has 1 aliphatic carbocycles. The van der Waals surface area contributed by atoms with Crippen molar-refractivity contribution in [1.82, 2.24) is 0 Å². The lowest BCUT2D eigenvalue weighted by Gasteiger charge is -2.32. The van der Waals surface area contributed by atoms with Crippen LogP contribution in [0.4, 0.5) is 0 Å². The summed E-state index contributed by atoms with van der Waals surface area (Å²) in [4.78, 5) is 10.7. The van der Waals surface area contributed by atoms with Crippen LogP contribution in [-0.4, -0.2) is 25.3 Å². The molecule has 1 fully saturated rings. The van der Waals surface area contributed by atoms with Crippen molar-refractivity contribution < 1.29 is 19.4 Å². The van der Waals surface area contributed by atoms with E-state index in [0.717, 1.165) is 5.56 Å². The molecular formula is C13H16O4. The van der Waals surface area contributed by atoms with Crippen molar-refractivity contribution >= 4 is 5.97 Å². The maximum atomic E-state index is 10.7. The van der Waals surface area contributed by atoms with E-state index in [1.165, 1.54) is 0 Å². The predicted octanol–water partition coefficient (Wildman–Crippen LogP) is 2.28. The van der Waals surface area contributed by atoms with Crippen LogP contribution >= 0.6 is 0 Å². The summed E-state index contributed by atoms with van der Waals surface area (Å²) in [7, 11) is 3.20. The molecule has 0 aliphatic heterocycles. The van der Waals surface area contributed by atoms with Crippen LogP contribution in [0.15, 0.2) is 18.2 Å².